The predicted molar refractivity (Wildman–Crippen MR) is 48.8 cm³/mol. The predicted octanol–water partition coefficient (Wildman–Crippen LogP) is 2.30. The first-order valence-electron chi connectivity index (χ1n) is 3.75. The number of nitrogens with zero attached hydrogens (tertiary/aromatic N) is 2. The van der Waals surface area contributed by atoms with Crippen LogP contribution in [-0.2, 0) is 5.54 Å². The van der Waals surface area contributed by atoms with Crippen LogP contribution >= 0.6 is 11.6 Å². The van der Waals surface area contributed by atoms with Crippen molar-refractivity contribution in [3.63, 3.8) is 0 Å². The lowest BCUT2D eigenvalue weighted by molar-refractivity contribution is 0.352. The van der Waals surface area contributed by atoms with Crippen molar-refractivity contribution in [2.24, 2.45) is 0 Å². The molecule has 0 aliphatic carbocycles. The molecule has 0 aromatic carbocycles. The fourth-order valence-electron chi connectivity index (χ4n) is 0.923. The maximum absolute atomic E-state index is 5.98. The smallest absolute Gasteiger partial charge is 0.175 e. The minimum atomic E-state index is -0.103. The van der Waals surface area contributed by atoms with Crippen molar-refractivity contribution in [3.05, 3.63) is 11.3 Å². The molecule has 1 rings (SSSR count). The van der Waals surface area contributed by atoms with Gasteiger partial charge in [-0.15, -0.1) is 0 Å². The minimum Gasteiger partial charge on any atom is -0.492 e. The Bertz CT molecular complexity index is 275. The number of ether oxygens (including phenoxy) is 1. The summed E-state index contributed by atoms with van der Waals surface area (Å²) >= 11 is 5.98. The van der Waals surface area contributed by atoms with Crippen LogP contribution in [0.5, 0.6) is 5.75 Å². The topological polar surface area (TPSA) is 27.1 Å². The molecule has 0 amide bonds. The van der Waals surface area contributed by atoms with Gasteiger partial charge in [0.25, 0.3) is 0 Å². The van der Waals surface area contributed by atoms with Gasteiger partial charge in [-0.2, -0.15) is 5.10 Å². The zero-order valence-electron chi connectivity index (χ0n) is 7.76. The molecule has 0 saturated carbocycles. The molecule has 0 spiro atoms. The van der Waals surface area contributed by atoms with Gasteiger partial charge in [-0.25, -0.2) is 4.68 Å². The van der Waals surface area contributed by atoms with Crippen LogP contribution in [0.15, 0.2) is 6.20 Å². The second-order valence-corrected chi connectivity index (χ2v) is 3.94. The summed E-state index contributed by atoms with van der Waals surface area (Å²) in [4.78, 5) is 0. The monoisotopic (exact) mass is 188 g/mol. The van der Waals surface area contributed by atoms with Crippen LogP contribution in [0, 0.1) is 0 Å². The van der Waals surface area contributed by atoms with Gasteiger partial charge in [0, 0.05) is 0 Å². The van der Waals surface area contributed by atoms with Gasteiger partial charge >= 0.3 is 0 Å². The molecular weight excluding hydrogens is 176 g/mol. The molecule has 0 radical (unpaired) electrons. The van der Waals surface area contributed by atoms with E-state index in [9.17, 15) is 0 Å². The second-order valence-electron chi connectivity index (χ2n) is 3.59. The van der Waals surface area contributed by atoms with Crippen molar-refractivity contribution < 1.29 is 4.74 Å². The summed E-state index contributed by atoms with van der Waals surface area (Å²) in [6.45, 7) is 6.10. The lowest BCUT2D eigenvalue weighted by Gasteiger charge is -2.19. The SMILES string of the molecule is COc1cnn(C(C)(C)C)c1Cl. The van der Waals surface area contributed by atoms with Gasteiger partial charge < -0.3 is 4.74 Å². The van der Waals surface area contributed by atoms with E-state index in [-0.39, 0.29) is 5.54 Å². The van der Waals surface area contributed by atoms with Crippen molar-refractivity contribution in [2.75, 3.05) is 7.11 Å². The Kier molecular flexibility index (Phi) is 2.33. The van der Waals surface area contributed by atoms with E-state index < -0.39 is 0 Å². The number of methoxy groups -OCH3 is 1. The first kappa shape index (κ1) is 9.39. The molecule has 4 heteroatoms. The van der Waals surface area contributed by atoms with Crippen LogP contribution in [0.25, 0.3) is 0 Å². The van der Waals surface area contributed by atoms with Gasteiger partial charge in [0.05, 0.1) is 18.8 Å². The van der Waals surface area contributed by atoms with E-state index >= 15 is 0 Å². The maximum atomic E-state index is 5.98. The highest BCUT2D eigenvalue weighted by atomic mass is 35.5. The fourth-order valence-corrected chi connectivity index (χ4v) is 1.35. The van der Waals surface area contributed by atoms with Crippen molar-refractivity contribution in [2.45, 2.75) is 26.3 Å². The average Bonchev–Trinajstić information content (AvgIpc) is 2.29. The molecule has 12 heavy (non-hydrogen) atoms. The Balaban J connectivity index is 3.11. The standard InChI is InChI=1S/C8H13ClN2O/c1-8(2,3)11-7(9)6(12-4)5-10-11/h5H,1-4H3. The molecule has 68 valence electrons. The summed E-state index contributed by atoms with van der Waals surface area (Å²) in [6.07, 6.45) is 1.62. The molecule has 0 aliphatic rings. The van der Waals surface area contributed by atoms with E-state index in [0.717, 1.165) is 0 Å². The normalized spacial score (nSPS) is 11.8. The Labute approximate surface area is 77.3 Å². The molecule has 0 unspecified atom stereocenters. The van der Waals surface area contributed by atoms with E-state index in [1.54, 1.807) is 18.0 Å². The van der Waals surface area contributed by atoms with Gasteiger partial charge in [0.2, 0.25) is 0 Å². The Morgan fingerprint density at radius 3 is 2.33 bits per heavy atom. The van der Waals surface area contributed by atoms with Crippen LogP contribution in [0.4, 0.5) is 0 Å². The summed E-state index contributed by atoms with van der Waals surface area (Å²) in [6, 6.07) is 0. The highest BCUT2D eigenvalue weighted by Gasteiger charge is 2.19. The first-order valence-corrected chi connectivity index (χ1v) is 4.12. The van der Waals surface area contributed by atoms with Crippen LogP contribution in [0.1, 0.15) is 20.8 Å². The zero-order chi connectivity index (χ0) is 9.35. The summed E-state index contributed by atoms with van der Waals surface area (Å²) in [5.74, 6) is 0.617. The average molecular weight is 189 g/mol. The van der Waals surface area contributed by atoms with E-state index in [4.69, 9.17) is 16.3 Å². The van der Waals surface area contributed by atoms with Crippen molar-refractivity contribution in [3.8, 4) is 5.75 Å². The molecule has 0 aliphatic heterocycles. The van der Waals surface area contributed by atoms with Crippen LogP contribution in [0.2, 0.25) is 5.15 Å². The summed E-state index contributed by atoms with van der Waals surface area (Å²) in [5.41, 5.74) is -0.103. The molecule has 0 saturated heterocycles. The van der Waals surface area contributed by atoms with Gasteiger partial charge in [0.15, 0.2) is 10.9 Å². The molecule has 1 aromatic rings. The molecule has 3 nitrogen and oxygen atoms in total. The van der Waals surface area contributed by atoms with Crippen LogP contribution in [0.3, 0.4) is 0 Å². The maximum Gasteiger partial charge on any atom is 0.175 e. The summed E-state index contributed by atoms with van der Waals surface area (Å²) in [7, 11) is 1.58. The number of hydrogen-bond donors (Lipinski definition) is 0. The Morgan fingerprint density at radius 2 is 2.08 bits per heavy atom. The molecule has 1 heterocycles. The third-order valence-corrected chi connectivity index (χ3v) is 1.88. The lowest BCUT2D eigenvalue weighted by atomic mass is 10.1. The first-order chi connectivity index (χ1) is 5.46. The number of rotatable bonds is 1. The van der Waals surface area contributed by atoms with Gasteiger partial charge in [-0.05, 0) is 20.8 Å². The van der Waals surface area contributed by atoms with E-state index in [1.807, 2.05) is 20.8 Å². The quantitative estimate of drug-likeness (QED) is 0.676. The van der Waals surface area contributed by atoms with E-state index in [1.165, 1.54) is 0 Å². The largest absolute Gasteiger partial charge is 0.492 e. The summed E-state index contributed by atoms with van der Waals surface area (Å²) in [5, 5.41) is 4.66. The van der Waals surface area contributed by atoms with Crippen molar-refractivity contribution >= 4 is 11.6 Å². The van der Waals surface area contributed by atoms with Crippen LogP contribution < -0.4 is 4.74 Å². The highest BCUT2D eigenvalue weighted by Crippen LogP contribution is 2.28. The van der Waals surface area contributed by atoms with Crippen LogP contribution in [-0.4, -0.2) is 16.9 Å². The van der Waals surface area contributed by atoms with Gasteiger partial charge in [-0.1, -0.05) is 11.6 Å². The molecular formula is C8H13ClN2O. The van der Waals surface area contributed by atoms with Gasteiger partial charge in [0.1, 0.15) is 0 Å². The minimum absolute atomic E-state index is 0.103. The number of halogens is 1. The van der Waals surface area contributed by atoms with Crippen molar-refractivity contribution in [1.82, 2.24) is 9.78 Å². The Morgan fingerprint density at radius 1 is 1.50 bits per heavy atom. The van der Waals surface area contributed by atoms with E-state index in [2.05, 4.69) is 5.10 Å². The highest BCUT2D eigenvalue weighted by molar-refractivity contribution is 6.31. The molecule has 1 aromatic heterocycles. The number of hydrogen-bond acceptors (Lipinski definition) is 2. The number of aromatic nitrogens is 2. The van der Waals surface area contributed by atoms with Crippen molar-refractivity contribution in [1.29, 1.82) is 0 Å². The third-order valence-electron chi connectivity index (χ3n) is 1.54. The molecule has 0 fully saturated rings. The van der Waals surface area contributed by atoms with E-state index in [0.29, 0.717) is 10.9 Å². The Hall–Kier alpha value is -0.700. The lowest BCUT2D eigenvalue weighted by Crippen LogP contribution is -2.23. The third kappa shape index (κ3) is 1.55. The molecule has 0 N–H and O–H groups in total. The molecule has 0 atom stereocenters. The van der Waals surface area contributed by atoms with Gasteiger partial charge in [-0.3, -0.25) is 0 Å². The summed E-state index contributed by atoms with van der Waals surface area (Å²) < 4.78 is 6.74. The second kappa shape index (κ2) is 2.98. The fraction of sp³-hybridized carbons (Fsp3) is 0.625. The zero-order valence-corrected chi connectivity index (χ0v) is 8.51. The molecule has 0 bridgehead atoms.